The lowest BCUT2D eigenvalue weighted by Gasteiger charge is -2.07. The van der Waals surface area contributed by atoms with E-state index in [1.165, 1.54) is 5.56 Å². The van der Waals surface area contributed by atoms with Gasteiger partial charge in [0.15, 0.2) is 0 Å². The third kappa shape index (κ3) is 6.29. The van der Waals surface area contributed by atoms with Crippen LogP contribution in [0.15, 0.2) is 59.0 Å². The number of alkyl halides is 3. The van der Waals surface area contributed by atoms with Crippen molar-refractivity contribution in [2.75, 3.05) is 7.05 Å². The van der Waals surface area contributed by atoms with Crippen LogP contribution >= 0.6 is 23.4 Å². The Morgan fingerprint density at radius 1 is 1.18 bits per heavy atom. The molecule has 180 valence electrons. The van der Waals surface area contributed by atoms with Crippen LogP contribution in [0.4, 0.5) is 13.2 Å². The maximum Gasteiger partial charge on any atom is 0.490 e. The fourth-order valence-electron chi connectivity index (χ4n) is 3.19. The quantitative estimate of drug-likeness (QED) is 0.511. The maximum absolute atomic E-state index is 11.7. The Hall–Kier alpha value is -3.05. The third-order valence-electron chi connectivity index (χ3n) is 5.01. The number of hydrogen-bond acceptors (Lipinski definition) is 5. The number of rotatable bonds is 5. The van der Waals surface area contributed by atoms with E-state index in [9.17, 15) is 18.0 Å². The van der Waals surface area contributed by atoms with E-state index in [2.05, 4.69) is 39.6 Å². The molecule has 0 aliphatic heterocycles. The Labute approximate surface area is 202 Å². The summed E-state index contributed by atoms with van der Waals surface area (Å²) in [5.74, 6) is -2.19. The van der Waals surface area contributed by atoms with Crippen molar-refractivity contribution in [3.05, 3.63) is 59.5 Å². The molecule has 0 bridgehead atoms. The molecular weight excluding hydrogens is 493 g/mol. The number of amides is 1. The van der Waals surface area contributed by atoms with Crippen LogP contribution in [0, 0.1) is 5.92 Å². The molecule has 4 rings (SSSR count). The molecule has 0 spiro atoms. The second-order valence-corrected chi connectivity index (χ2v) is 8.86. The average molecular weight is 513 g/mol. The van der Waals surface area contributed by atoms with Crippen molar-refractivity contribution in [2.24, 2.45) is 13.0 Å². The zero-order chi connectivity index (χ0) is 25.0. The molecule has 1 aliphatic rings. The molecular formula is C22H20ClF3N4O3S. The van der Waals surface area contributed by atoms with Gasteiger partial charge in [0.1, 0.15) is 15.7 Å². The van der Waals surface area contributed by atoms with Crippen LogP contribution in [0.2, 0.25) is 5.02 Å². The topological polar surface area (TPSA) is 97.1 Å². The minimum atomic E-state index is -5.08. The van der Waals surface area contributed by atoms with E-state index in [1.54, 1.807) is 25.0 Å². The zero-order valence-corrected chi connectivity index (χ0v) is 19.6. The molecule has 2 unspecified atom stereocenters. The van der Waals surface area contributed by atoms with E-state index in [0.29, 0.717) is 10.9 Å². The molecule has 34 heavy (non-hydrogen) atoms. The fraction of sp³-hybridized carbons (Fsp3) is 0.273. The number of nitrogens with one attached hydrogen (secondary N) is 1. The molecule has 1 aromatic carbocycles. The van der Waals surface area contributed by atoms with E-state index in [0.717, 1.165) is 27.7 Å². The Kier molecular flexibility index (Phi) is 7.88. The van der Waals surface area contributed by atoms with Gasteiger partial charge in [0.2, 0.25) is 5.91 Å². The summed E-state index contributed by atoms with van der Waals surface area (Å²) in [7, 11) is 3.66. The minimum Gasteiger partial charge on any atom is -0.475 e. The van der Waals surface area contributed by atoms with Crippen LogP contribution < -0.4 is 5.32 Å². The molecule has 7 nitrogen and oxygen atoms in total. The lowest BCUT2D eigenvalue weighted by atomic mass is 10.1. The summed E-state index contributed by atoms with van der Waals surface area (Å²) in [6, 6.07) is 12.1. The van der Waals surface area contributed by atoms with Gasteiger partial charge in [0, 0.05) is 31.8 Å². The number of carboxylic acids is 1. The number of aryl methyl sites for hydroxylation is 1. The maximum atomic E-state index is 11.7. The molecule has 1 aliphatic carbocycles. The number of pyridine rings is 1. The number of carbonyl (C=O) groups excluding carboxylic acids is 1. The lowest BCUT2D eigenvalue weighted by Crippen LogP contribution is -2.21. The molecule has 1 saturated carbocycles. The summed E-state index contributed by atoms with van der Waals surface area (Å²) in [5, 5.41) is 12.4. The molecule has 12 heteroatoms. The highest BCUT2D eigenvalue weighted by Crippen LogP contribution is 2.48. The van der Waals surface area contributed by atoms with Gasteiger partial charge >= 0.3 is 12.1 Å². The van der Waals surface area contributed by atoms with Gasteiger partial charge in [0.25, 0.3) is 0 Å². The highest BCUT2D eigenvalue weighted by molar-refractivity contribution is 7.99. The second-order valence-electron chi connectivity index (χ2n) is 7.41. The van der Waals surface area contributed by atoms with E-state index < -0.39 is 12.1 Å². The minimum absolute atomic E-state index is 0.109. The number of aromatic nitrogens is 3. The van der Waals surface area contributed by atoms with Crippen LogP contribution in [0.1, 0.15) is 17.9 Å². The van der Waals surface area contributed by atoms with Gasteiger partial charge in [-0.2, -0.15) is 13.2 Å². The van der Waals surface area contributed by atoms with Crippen molar-refractivity contribution in [1.82, 2.24) is 19.9 Å². The second kappa shape index (κ2) is 10.5. The molecule has 2 atom stereocenters. The molecule has 2 aromatic heterocycles. The highest BCUT2D eigenvalue weighted by Gasteiger charge is 2.43. The van der Waals surface area contributed by atoms with Crippen LogP contribution in [0.5, 0.6) is 0 Å². The predicted molar refractivity (Wildman–Crippen MR) is 121 cm³/mol. The lowest BCUT2D eigenvalue weighted by molar-refractivity contribution is -0.192. The van der Waals surface area contributed by atoms with Crippen molar-refractivity contribution >= 4 is 35.2 Å². The molecule has 0 saturated heterocycles. The van der Waals surface area contributed by atoms with Gasteiger partial charge in [0.05, 0.1) is 11.3 Å². The van der Waals surface area contributed by atoms with Crippen LogP contribution in [0.3, 0.4) is 0 Å². The van der Waals surface area contributed by atoms with Gasteiger partial charge in [-0.05, 0) is 41.8 Å². The van der Waals surface area contributed by atoms with Gasteiger partial charge in [-0.25, -0.2) is 14.8 Å². The van der Waals surface area contributed by atoms with E-state index in [1.807, 2.05) is 30.1 Å². The van der Waals surface area contributed by atoms with Crippen molar-refractivity contribution in [2.45, 2.75) is 28.6 Å². The Morgan fingerprint density at radius 3 is 2.35 bits per heavy atom. The fourth-order valence-corrected chi connectivity index (χ4v) is 4.20. The van der Waals surface area contributed by atoms with E-state index in [4.69, 9.17) is 21.5 Å². The first-order valence-corrected chi connectivity index (χ1v) is 11.1. The molecule has 0 radical (unpaired) electrons. The van der Waals surface area contributed by atoms with Crippen molar-refractivity contribution in [1.29, 1.82) is 0 Å². The first kappa shape index (κ1) is 25.6. The molecule has 1 amide bonds. The number of nitrogens with zero attached hydrogens (tertiary/aromatic N) is 3. The normalized spacial score (nSPS) is 16.9. The predicted octanol–water partition coefficient (Wildman–Crippen LogP) is 4.77. The molecule has 3 aromatic rings. The first-order valence-electron chi connectivity index (χ1n) is 9.94. The van der Waals surface area contributed by atoms with Gasteiger partial charge in [-0.15, -0.1) is 0 Å². The summed E-state index contributed by atoms with van der Waals surface area (Å²) >= 11 is 7.48. The Morgan fingerprint density at radius 2 is 1.82 bits per heavy atom. The van der Waals surface area contributed by atoms with E-state index in [-0.39, 0.29) is 11.8 Å². The third-order valence-corrected chi connectivity index (χ3v) is 6.36. The highest BCUT2D eigenvalue weighted by atomic mass is 35.5. The Balaban J connectivity index is 0.000000406. The Bertz CT molecular complexity index is 1170. The van der Waals surface area contributed by atoms with Crippen LogP contribution in [0.25, 0.3) is 11.3 Å². The smallest absolute Gasteiger partial charge is 0.475 e. The number of hydrogen-bond donors (Lipinski definition) is 2. The first-order chi connectivity index (χ1) is 16.0. The summed E-state index contributed by atoms with van der Waals surface area (Å²) in [5.41, 5.74) is 3.18. The molecule has 1 fully saturated rings. The number of carbonyl (C=O) groups is 2. The number of benzene rings is 1. The molecule has 2 N–H and O–H groups in total. The van der Waals surface area contributed by atoms with Gasteiger partial charge < -0.3 is 15.0 Å². The SMILES string of the molecule is CNC(=O)C1CC1c1ccc(-c2ncn(C)c2Sc2ccc(Cl)cn2)cc1.O=C(O)C(F)(F)F. The molecule has 2 heterocycles. The van der Waals surface area contributed by atoms with Crippen LogP contribution in [-0.2, 0) is 16.6 Å². The number of halogens is 4. The standard InChI is InChI=1S/C20H19ClN4OS.C2HF3O2/c1-22-19(26)16-9-15(16)12-3-5-13(6-4-12)18-20(25(2)11-24-18)27-17-8-7-14(21)10-23-17;3-2(4,5)1(6)7/h3-8,10-11,15-16H,9H2,1-2H3,(H,22,26);(H,6,7). The number of aliphatic carboxylic acids is 1. The number of imidazole rings is 1. The van der Waals surface area contributed by atoms with Crippen molar-refractivity contribution in [3.8, 4) is 11.3 Å². The van der Waals surface area contributed by atoms with Crippen LogP contribution in [-0.4, -0.2) is 44.7 Å². The summed E-state index contributed by atoms with van der Waals surface area (Å²) in [6.07, 6.45) is -0.705. The van der Waals surface area contributed by atoms with Gasteiger partial charge in [-0.3, -0.25) is 4.79 Å². The summed E-state index contributed by atoms with van der Waals surface area (Å²) in [6.45, 7) is 0. The summed E-state index contributed by atoms with van der Waals surface area (Å²) < 4.78 is 33.7. The monoisotopic (exact) mass is 512 g/mol. The van der Waals surface area contributed by atoms with Gasteiger partial charge in [-0.1, -0.05) is 35.9 Å². The zero-order valence-electron chi connectivity index (χ0n) is 18.0. The average Bonchev–Trinajstić information content (AvgIpc) is 3.52. The largest absolute Gasteiger partial charge is 0.490 e. The summed E-state index contributed by atoms with van der Waals surface area (Å²) in [4.78, 5) is 29.6. The van der Waals surface area contributed by atoms with Crippen molar-refractivity contribution < 1.29 is 27.9 Å². The van der Waals surface area contributed by atoms with Crippen molar-refractivity contribution in [3.63, 3.8) is 0 Å². The van der Waals surface area contributed by atoms with E-state index >= 15 is 0 Å². The number of carboxylic acid groups (broad SMARTS) is 1.